The van der Waals surface area contributed by atoms with Crippen LogP contribution in [0.2, 0.25) is 0 Å². The van der Waals surface area contributed by atoms with Crippen LogP contribution in [-0.2, 0) is 9.59 Å². The van der Waals surface area contributed by atoms with E-state index in [-0.39, 0.29) is 129 Å². The predicted molar refractivity (Wildman–Crippen MR) is 33.7 cm³/mol. The van der Waals surface area contributed by atoms with E-state index in [1.54, 1.807) is 6.29 Å². The van der Waals surface area contributed by atoms with Crippen molar-refractivity contribution in [1.29, 1.82) is 0 Å². The van der Waals surface area contributed by atoms with Crippen molar-refractivity contribution in [2.75, 3.05) is 0 Å². The molecule has 0 amide bonds. The van der Waals surface area contributed by atoms with Crippen LogP contribution < -0.4 is 110 Å². The second-order valence-electron chi connectivity index (χ2n) is 1.70. The summed E-state index contributed by atoms with van der Waals surface area (Å²) in [5.74, 6) is -0.435. The fourth-order valence-electron chi connectivity index (χ4n) is 0.364. The Morgan fingerprint density at radius 2 is 2.36 bits per heavy atom. The van der Waals surface area contributed by atoms with Crippen molar-refractivity contribution >= 4 is 12.1 Å². The van der Waals surface area contributed by atoms with Gasteiger partial charge in [0.2, 0.25) is 0 Å². The van der Waals surface area contributed by atoms with Crippen molar-refractivity contribution < 1.29 is 121 Å². The minimum absolute atomic E-state index is 0. The Bertz CT molecular complexity index is 137. The van der Waals surface area contributed by atoms with Crippen LogP contribution in [0.25, 0.3) is 5.73 Å². The van der Waals surface area contributed by atoms with Gasteiger partial charge in [-0.05, 0) is 6.90 Å². The number of Topliss-reactive ketones (excluding diaryl/α,β-unsaturated/α-hetero) is 1. The van der Waals surface area contributed by atoms with Gasteiger partial charge in [-0.25, -0.2) is 0 Å². The van der Waals surface area contributed by atoms with Gasteiger partial charge < -0.3 is 15.3 Å². The molecule has 0 heterocycles. The van der Waals surface area contributed by atoms with Crippen LogP contribution in [0.1, 0.15) is 21.1 Å². The van der Waals surface area contributed by atoms with E-state index in [1.165, 1.54) is 0 Å². The molecule has 0 aromatic heterocycles. The molecule has 0 aromatic rings. The number of hydrogen-bond donors (Lipinski definition) is 0. The van der Waals surface area contributed by atoms with Crippen LogP contribution in [0.5, 0.6) is 0 Å². The van der Waals surface area contributed by atoms with Crippen LogP contribution in [0, 0.1) is 0 Å². The van der Waals surface area contributed by atoms with Crippen LogP contribution >= 0.6 is 0 Å². The molecule has 0 aliphatic carbocycles. The van der Waals surface area contributed by atoms with Gasteiger partial charge in [0.25, 0.3) is 0 Å². The Morgan fingerprint density at radius 1 is 1.82 bits per heavy atom. The molecule has 0 bridgehead atoms. The molecule has 5 heteroatoms. The molecule has 0 fully saturated rings. The van der Waals surface area contributed by atoms with E-state index in [0.717, 1.165) is 0 Å². The fourth-order valence-corrected chi connectivity index (χ4v) is 0.364. The van der Waals surface area contributed by atoms with Gasteiger partial charge >= 0.3 is 110 Å². The number of carbonyl (C=O) groups excluding carboxylic acids is 2. The predicted octanol–water partition coefficient (Wildman–Crippen LogP) is -5.11. The smallest absolute Gasteiger partial charge is 0.669 e. The van der Waals surface area contributed by atoms with Gasteiger partial charge in [0.05, 0.1) is 0 Å². The second kappa shape index (κ2) is 12.7. The van der Waals surface area contributed by atoms with E-state index < -0.39 is 11.8 Å². The molecule has 0 radical (unpaired) electrons. The number of carbonyl (C=O) groups is 1. The third kappa shape index (κ3) is 12.7. The summed E-state index contributed by atoms with van der Waals surface area (Å²) in [6.07, 6.45) is 1.90. The minimum atomic E-state index is -0.904. The Labute approximate surface area is 160 Å². The Kier molecular flexibility index (Phi) is 18.7. The van der Waals surface area contributed by atoms with Crippen molar-refractivity contribution in [3.05, 3.63) is 5.73 Å². The van der Waals surface area contributed by atoms with Gasteiger partial charge in [-0.2, -0.15) is 6.42 Å². The summed E-state index contributed by atoms with van der Waals surface area (Å²) in [6.45, 7) is -0.368. The van der Waals surface area contributed by atoms with E-state index >= 15 is 0 Å². The second-order valence-corrected chi connectivity index (χ2v) is 1.70. The number of hydrogen-bond acceptors (Lipinski definition) is 2. The average Bonchev–Trinajstić information content (AvgIpc) is 1.98. The molecule has 1 N–H and O–H groups in total. The van der Waals surface area contributed by atoms with Crippen LogP contribution in [0.4, 0.5) is 0 Å². The molecule has 52 valence electrons. The zero-order valence-corrected chi connectivity index (χ0v) is 15.1. The van der Waals surface area contributed by atoms with Crippen LogP contribution in [0.3, 0.4) is 0 Å². The maximum Gasteiger partial charge on any atom is 1.00 e. The molecule has 0 aliphatic rings. The Hall–Kier alpha value is 2.74. The Balaban J connectivity index is -0.000000405. The molecular formula is C6H9KNO2Rb. The fraction of sp³-hybridized carbons (Fsp3) is 0.667. The van der Waals surface area contributed by atoms with E-state index in [2.05, 4.69) is 0 Å². The van der Waals surface area contributed by atoms with E-state index in [0.29, 0.717) is 0 Å². The summed E-state index contributed by atoms with van der Waals surface area (Å²) in [5, 5.41) is 0. The quantitative estimate of drug-likeness (QED) is 0.371. The SMILES string of the molecule is [2H]CC(=O)C([NH-])CC[C-]=O.[K+].[Rb+]. The molecule has 0 rings (SSSR count). The first-order valence-corrected chi connectivity index (χ1v) is 2.60. The summed E-state index contributed by atoms with van der Waals surface area (Å²) in [7, 11) is 0. The monoisotopic (exact) mass is 252 g/mol. The van der Waals surface area contributed by atoms with Gasteiger partial charge in [-0.1, -0.05) is 12.5 Å². The summed E-state index contributed by atoms with van der Waals surface area (Å²) >= 11 is 0. The molecule has 1 atom stereocenters. The number of ketones is 1. The van der Waals surface area contributed by atoms with Gasteiger partial charge in [0, 0.05) is 1.37 Å². The molecule has 0 aromatic carbocycles. The van der Waals surface area contributed by atoms with E-state index in [4.69, 9.17) is 7.10 Å². The standard InChI is InChI=1S/C6H9NO2.K.Rb/c1-5(9)6(7)3-2-4-8;;/h6-7H,2-3H2,1H3;;/q-2;2*+1/i1D;;. The molecule has 3 nitrogen and oxygen atoms in total. The molecule has 0 saturated heterocycles. The normalized spacial score (nSPS) is 11.5. The molecule has 11 heavy (non-hydrogen) atoms. The molecule has 1 unspecified atom stereocenters. The first-order valence-electron chi connectivity index (χ1n) is 3.31. The van der Waals surface area contributed by atoms with Crippen LogP contribution in [0.15, 0.2) is 0 Å². The van der Waals surface area contributed by atoms with Crippen molar-refractivity contribution in [3.8, 4) is 0 Å². The maximum absolute atomic E-state index is 10.5. The minimum Gasteiger partial charge on any atom is -0.669 e. The summed E-state index contributed by atoms with van der Waals surface area (Å²) in [4.78, 5) is 20.2. The molecule has 0 aliphatic heterocycles. The van der Waals surface area contributed by atoms with Crippen molar-refractivity contribution in [2.24, 2.45) is 0 Å². The summed E-state index contributed by atoms with van der Waals surface area (Å²) in [6, 6.07) is -0.904. The van der Waals surface area contributed by atoms with Crippen molar-refractivity contribution in [3.63, 3.8) is 0 Å². The largest absolute Gasteiger partial charge is 1.00 e. The van der Waals surface area contributed by atoms with Gasteiger partial charge in [-0.15, -0.1) is 0 Å². The first kappa shape index (κ1) is 16.2. The summed E-state index contributed by atoms with van der Waals surface area (Å²) < 4.78 is 6.61. The van der Waals surface area contributed by atoms with Gasteiger partial charge in [-0.3, -0.25) is 6.29 Å². The van der Waals surface area contributed by atoms with E-state index in [9.17, 15) is 9.59 Å². The zero-order chi connectivity index (χ0) is 7.98. The van der Waals surface area contributed by atoms with Crippen LogP contribution in [-0.4, -0.2) is 18.1 Å². The molecule has 0 spiro atoms. The molecule has 0 saturated carbocycles. The molecular weight excluding hydrogens is 243 g/mol. The topological polar surface area (TPSA) is 57.9 Å². The number of nitrogens with one attached hydrogen (secondary N) is 1. The van der Waals surface area contributed by atoms with Gasteiger partial charge in [0.15, 0.2) is 0 Å². The maximum atomic E-state index is 10.5. The zero-order valence-electron chi connectivity index (χ0n) is 8.02. The first-order chi connectivity index (χ1) is 4.72. The van der Waals surface area contributed by atoms with E-state index in [1.807, 2.05) is 0 Å². The van der Waals surface area contributed by atoms with Gasteiger partial charge in [0.1, 0.15) is 5.78 Å². The number of rotatable bonds is 4. The average molecular weight is 253 g/mol. The third-order valence-corrected chi connectivity index (χ3v) is 0.924. The third-order valence-electron chi connectivity index (χ3n) is 0.924. The van der Waals surface area contributed by atoms with Crippen molar-refractivity contribution in [2.45, 2.75) is 25.8 Å². The Morgan fingerprint density at radius 3 is 2.73 bits per heavy atom. The summed E-state index contributed by atoms with van der Waals surface area (Å²) in [5.41, 5.74) is 7.03. The van der Waals surface area contributed by atoms with Crippen molar-refractivity contribution in [1.82, 2.24) is 0 Å².